The van der Waals surface area contributed by atoms with Crippen LogP contribution in [-0.4, -0.2) is 20.2 Å². The molecule has 0 heterocycles. The number of nitrogens with one attached hydrogen (secondary N) is 2. The first-order chi connectivity index (χ1) is 12.2. The predicted molar refractivity (Wildman–Crippen MR) is 98.3 cm³/mol. The average molecular weight is 373 g/mol. The zero-order valence-corrected chi connectivity index (χ0v) is 15.0. The second kappa shape index (κ2) is 6.89. The highest BCUT2D eigenvalue weighted by molar-refractivity contribution is 7.89. The van der Waals surface area contributed by atoms with Crippen LogP contribution in [0.5, 0.6) is 0 Å². The number of benzene rings is 2. The summed E-state index contributed by atoms with van der Waals surface area (Å²) in [5, 5.41) is 10.6. The van der Waals surface area contributed by atoms with Crippen LogP contribution in [-0.2, 0) is 14.8 Å². The topological polar surface area (TPSA) is 118 Å². The molecule has 0 aliphatic heterocycles. The second-order valence-electron chi connectivity index (χ2n) is 6.32. The van der Waals surface area contributed by atoms with Crippen LogP contribution in [0.4, 0.5) is 11.4 Å². The summed E-state index contributed by atoms with van der Waals surface area (Å²) in [6.07, 6.45) is 1.84. The van der Waals surface area contributed by atoms with E-state index in [9.17, 15) is 18.0 Å². The molecular weight excluding hydrogens is 354 g/mol. The molecule has 0 radical (unpaired) electrons. The van der Waals surface area contributed by atoms with Crippen molar-refractivity contribution in [2.45, 2.75) is 24.7 Å². The molecule has 2 amide bonds. The molecule has 1 saturated carbocycles. The Kier molecular flexibility index (Phi) is 4.80. The molecule has 0 saturated heterocycles. The highest BCUT2D eigenvalue weighted by atomic mass is 32.2. The van der Waals surface area contributed by atoms with Crippen molar-refractivity contribution in [2.75, 3.05) is 10.6 Å². The third-order valence-electron chi connectivity index (χ3n) is 4.12. The Balaban J connectivity index is 1.71. The van der Waals surface area contributed by atoms with Gasteiger partial charge in [0.15, 0.2) is 0 Å². The van der Waals surface area contributed by atoms with Crippen LogP contribution in [0.25, 0.3) is 0 Å². The van der Waals surface area contributed by atoms with Crippen molar-refractivity contribution in [2.24, 2.45) is 11.1 Å². The fourth-order valence-corrected chi connectivity index (χ4v) is 3.29. The van der Waals surface area contributed by atoms with E-state index in [1.54, 1.807) is 43.3 Å². The van der Waals surface area contributed by atoms with Crippen LogP contribution >= 0.6 is 0 Å². The van der Waals surface area contributed by atoms with Gasteiger partial charge in [-0.2, -0.15) is 0 Å². The standard InChI is InChI=1S/C18H19N3O4S/c1-11-2-7-15(10-16(11)26(19,24)25)21-18(23)13-5-8-14(9-6-13)20-17(22)12-3-4-12/h2,5-10,12H,3-4H2,1H3,(H,20,22)(H,21,23)(H2,19,24,25). The summed E-state index contributed by atoms with van der Waals surface area (Å²) >= 11 is 0. The van der Waals surface area contributed by atoms with E-state index in [4.69, 9.17) is 5.14 Å². The number of carbonyl (C=O) groups is 2. The summed E-state index contributed by atoms with van der Waals surface area (Å²) in [7, 11) is -3.87. The van der Waals surface area contributed by atoms with Crippen molar-refractivity contribution in [1.29, 1.82) is 0 Å². The maximum absolute atomic E-state index is 12.3. The lowest BCUT2D eigenvalue weighted by atomic mass is 10.1. The molecule has 26 heavy (non-hydrogen) atoms. The number of hydrogen-bond acceptors (Lipinski definition) is 4. The van der Waals surface area contributed by atoms with Crippen LogP contribution < -0.4 is 15.8 Å². The van der Waals surface area contributed by atoms with Crippen molar-refractivity contribution in [3.05, 3.63) is 53.6 Å². The molecule has 0 bridgehead atoms. The van der Waals surface area contributed by atoms with Gasteiger partial charge >= 0.3 is 0 Å². The van der Waals surface area contributed by atoms with E-state index in [1.165, 1.54) is 6.07 Å². The van der Waals surface area contributed by atoms with Gasteiger partial charge in [0.2, 0.25) is 15.9 Å². The highest BCUT2D eigenvalue weighted by Gasteiger charge is 2.29. The smallest absolute Gasteiger partial charge is 0.255 e. The minimum Gasteiger partial charge on any atom is -0.326 e. The zero-order chi connectivity index (χ0) is 18.9. The minimum atomic E-state index is -3.87. The van der Waals surface area contributed by atoms with Gasteiger partial charge in [-0.15, -0.1) is 0 Å². The lowest BCUT2D eigenvalue weighted by Crippen LogP contribution is -2.16. The Morgan fingerprint density at radius 1 is 1.00 bits per heavy atom. The first kappa shape index (κ1) is 18.1. The van der Waals surface area contributed by atoms with Gasteiger partial charge in [0.25, 0.3) is 5.91 Å². The molecule has 0 spiro atoms. The maximum Gasteiger partial charge on any atom is 0.255 e. The zero-order valence-electron chi connectivity index (χ0n) is 14.2. The molecule has 7 nitrogen and oxygen atoms in total. The molecule has 0 aromatic heterocycles. The van der Waals surface area contributed by atoms with Crippen molar-refractivity contribution in [3.8, 4) is 0 Å². The molecule has 0 atom stereocenters. The number of amides is 2. The predicted octanol–water partition coefficient (Wildman–Crippen LogP) is 2.24. The van der Waals surface area contributed by atoms with Crippen LogP contribution in [0.3, 0.4) is 0 Å². The third-order valence-corrected chi connectivity index (χ3v) is 5.17. The quantitative estimate of drug-likeness (QED) is 0.745. The number of primary sulfonamides is 1. The maximum atomic E-state index is 12.3. The van der Waals surface area contributed by atoms with Gasteiger partial charge in [-0.3, -0.25) is 9.59 Å². The summed E-state index contributed by atoms with van der Waals surface area (Å²) in [5.74, 6) is -0.292. The molecule has 1 aliphatic carbocycles. The van der Waals surface area contributed by atoms with Gasteiger partial charge in [-0.05, 0) is 61.7 Å². The fourth-order valence-electron chi connectivity index (χ4n) is 2.48. The van der Waals surface area contributed by atoms with E-state index >= 15 is 0 Å². The Bertz CT molecular complexity index is 964. The lowest BCUT2D eigenvalue weighted by molar-refractivity contribution is -0.117. The van der Waals surface area contributed by atoms with Gasteiger partial charge in [0.05, 0.1) is 4.90 Å². The van der Waals surface area contributed by atoms with Gasteiger partial charge in [-0.1, -0.05) is 6.07 Å². The summed E-state index contributed by atoms with van der Waals surface area (Å²) in [4.78, 5) is 24.0. The van der Waals surface area contributed by atoms with E-state index in [0.717, 1.165) is 12.8 Å². The number of carbonyl (C=O) groups excluding carboxylic acids is 2. The van der Waals surface area contributed by atoms with Gasteiger partial charge in [0, 0.05) is 22.9 Å². The van der Waals surface area contributed by atoms with Crippen LogP contribution in [0.15, 0.2) is 47.4 Å². The van der Waals surface area contributed by atoms with Crippen molar-refractivity contribution in [1.82, 2.24) is 0 Å². The van der Waals surface area contributed by atoms with Gasteiger partial charge in [0.1, 0.15) is 0 Å². The molecule has 1 aliphatic rings. The summed E-state index contributed by atoms with van der Waals surface area (Å²) in [6, 6.07) is 11.0. The van der Waals surface area contributed by atoms with Gasteiger partial charge < -0.3 is 10.6 Å². The molecule has 2 aromatic carbocycles. The Morgan fingerprint density at radius 3 is 2.19 bits per heavy atom. The van der Waals surface area contributed by atoms with Crippen LogP contribution in [0.1, 0.15) is 28.8 Å². The van der Waals surface area contributed by atoms with E-state index in [-0.39, 0.29) is 16.7 Å². The first-order valence-electron chi connectivity index (χ1n) is 8.10. The summed E-state index contributed by atoms with van der Waals surface area (Å²) in [6.45, 7) is 1.62. The summed E-state index contributed by atoms with van der Waals surface area (Å²) in [5.41, 5.74) is 1.84. The number of nitrogens with two attached hydrogens (primary N) is 1. The Morgan fingerprint density at radius 2 is 1.62 bits per heavy atom. The summed E-state index contributed by atoms with van der Waals surface area (Å²) < 4.78 is 23.1. The average Bonchev–Trinajstić information content (AvgIpc) is 3.41. The SMILES string of the molecule is Cc1ccc(NC(=O)c2ccc(NC(=O)C3CC3)cc2)cc1S(N)(=O)=O. The molecule has 1 fully saturated rings. The first-order valence-corrected chi connectivity index (χ1v) is 9.64. The number of rotatable bonds is 5. The molecule has 3 rings (SSSR count). The number of aryl methyl sites for hydroxylation is 1. The normalized spacial score (nSPS) is 13.9. The third kappa shape index (κ3) is 4.27. The fraction of sp³-hybridized carbons (Fsp3) is 0.222. The largest absolute Gasteiger partial charge is 0.326 e. The number of sulfonamides is 1. The van der Waals surface area contributed by atoms with Crippen LogP contribution in [0, 0.1) is 12.8 Å². The molecule has 8 heteroatoms. The molecule has 4 N–H and O–H groups in total. The molecule has 0 unspecified atom stereocenters. The Hall–Kier alpha value is -2.71. The van der Waals surface area contributed by atoms with Gasteiger partial charge in [-0.25, -0.2) is 13.6 Å². The van der Waals surface area contributed by atoms with E-state index in [2.05, 4.69) is 10.6 Å². The Labute approximate surface area is 151 Å². The van der Waals surface area contributed by atoms with E-state index < -0.39 is 15.9 Å². The molecular formula is C18H19N3O4S. The number of anilines is 2. The van der Waals surface area contributed by atoms with E-state index in [0.29, 0.717) is 22.5 Å². The number of hydrogen-bond donors (Lipinski definition) is 3. The van der Waals surface area contributed by atoms with E-state index in [1.807, 2.05) is 0 Å². The molecule has 136 valence electrons. The molecule has 2 aromatic rings. The lowest BCUT2D eigenvalue weighted by Gasteiger charge is -2.10. The van der Waals surface area contributed by atoms with Crippen molar-refractivity contribution >= 4 is 33.2 Å². The van der Waals surface area contributed by atoms with Crippen molar-refractivity contribution in [3.63, 3.8) is 0 Å². The second-order valence-corrected chi connectivity index (χ2v) is 7.85. The van der Waals surface area contributed by atoms with Crippen LogP contribution in [0.2, 0.25) is 0 Å². The monoisotopic (exact) mass is 373 g/mol. The highest BCUT2D eigenvalue weighted by Crippen LogP contribution is 2.30. The van der Waals surface area contributed by atoms with Crippen molar-refractivity contribution < 1.29 is 18.0 Å². The minimum absolute atomic E-state index is 0.00243.